The first-order valence-corrected chi connectivity index (χ1v) is 6.68. The lowest BCUT2D eigenvalue weighted by Crippen LogP contribution is -1.99. The van der Waals surface area contributed by atoms with Crippen molar-refractivity contribution in [2.75, 3.05) is 6.26 Å². The summed E-state index contributed by atoms with van der Waals surface area (Å²) in [6.45, 7) is 2.13. The molecule has 0 heterocycles. The fourth-order valence-electron chi connectivity index (χ4n) is 1.50. The average Bonchev–Trinajstić information content (AvgIpc) is 2.30. The molecule has 1 unspecified atom stereocenters. The summed E-state index contributed by atoms with van der Waals surface area (Å²) >= 11 is 0. The normalized spacial score (nSPS) is 12.4. The van der Waals surface area contributed by atoms with E-state index in [1.54, 1.807) is 0 Å². The van der Waals surface area contributed by atoms with Gasteiger partial charge in [0.25, 0.3) is 0 Å². The molecule has 76 valence electrons. The zero-order valence-electron chi connectivity index (χ0n) is 9.10. The molecule has 0 spiro atoms. The highest BCUT2D eigenvalue weighted by Crippen LogP contribution is 2.20. The molecule has 0 fully saturated rings. The molecule has 0 aliphatic heterocycles. The van der Waals surface area contributed by atoms with Crippen LogP contribution < -0.4 is 0 Å². The van der Waals surface area contributed by atoms with Crippen molar-refractivity contribution in [3.05, 3.63) is 60.2 Å². The Kier molecular flexibility index (Phi) is 3.12. The van der Waals surface area contributed by atoms with Gasteiger partial charge >= 0.3 is 0 Å². The van der Waals surface area contributed by atoms with E-state index in [1.807, 2.05) is 0 Å². The lowest BCUT2D eigenvalue weighted by Gasteiger charge is -2.02. The minimum atomic E-state index is 0.195. The third-order valence-corrected chi connectivity index (χ3v) is 4.43. The van der Waals surface area contributed by atoms with E-state index >= 15 is 0 Å². The van der Waals surface area contributed by atoms with Crippen LogP contribution in [0.4, 0.5) is 0 Å². The summed E-state index contributed by atoms with van der Waals surface area (Å²) in [4.78, 5) is 2.81. The molecule has 15 heavy (non-hydrogen) atoms. The smallest absolute Gasteiger partial charge is 0.0619 e. The van der Waals surface area contributed by atoms with Crippen LogP contribution in [0.5, 0.6) is 0 Å². The molecular weight excluding hydrogens is 200 g/mol. The monoisotopic (exact) mass is 215 g/mol. The minimum Gasteiger partial charge on any atom is -0.0619 e. The molecule has 0 saturated carbocycles. The summed E-state index contributed by atoms with van der Waals surface area (Å²) < 4.78 is 0. The Morgan fingerprint density at radius 1 is 0.733 bits per heavy atom. The Bertz CT molecular complexity index is 417. The highest BCUT2D eigenvalue weighted by Gasteiger charge is 2.17. The highest BCUT2D eigenvalue weighted by atomic mass is 32.2. The van der Waals surface area contributed by atoms with E-state index < -0.39 is 0 Å². The second-order valence-electron chi connectivity index (χ2n) is 3.64. The molecule has 1 atom stereocenters. The fraction of sp³-hybridized carbons (Fsp3) is 0.143. The summed E-state index contributed by atoms with van der Waals surface area (Å²) in [6.07, 6.45) is 2.28. The molecule has 0 aliphatic rings. The first-order chi connectivity index (χ1) is 7.27. The molecule has 0 aliphatic carbocycles. The number of benzene rings is 2. The van der Waals surface area contributed by atoms with Crippen LogP contribution in [0.3, 0.4) is 0 Å². The maximum absolute atomic E-state index is 2.28. The Balaban J connectivity index is 2.29. The van der Waals surface area contributed by atoms with Gasteiger partial charge in [-0.3, -0.25) is 0 Å². The third-order valence-electron chi connectivity index (χ3n) is 2.47. The zero-order chi connectivity index (χ0) is 10.7. The zero-order valence-corrected chi connectivity index (χ0v) is 9.92. The van der Waals surface area contributed by atoms with Gasteiger partial charge in [-0.15, -0.1) is 0 Å². The molecule has 0 radical (unpaired) electrons. The Hall–Kier alpha value is -1.21. The van der Waals surface area contributed by atoms with Gasteiger partial charge in [0.15, 0.2) is 9.79 Å². The Labute approximate surface area is 94.3 Å². The van der Waals surface area contributed by atoms with Crippen molar-refractivity contribution in [2.24, 2.45) is 0 Å². The van der Waals surface area contributed by atoms with Crippen LogP contribution >= 0.6 is 0 Å². The summed E-state index contributed by atoms with van der Waals surface area (Å²) in [6, 6.07) is 19.5. The second-order valence-corrected chi connectivity index (χ2v) is 5.60. The number of hydrogen-bond donors (Lipinski definition) is 0. The van der Waals surface area contributed by atoms with Crippen LogP contribution in [0.2, 0.25) is 0 Å². The van der Waals surface area contributed by atoms with Crippen molar-refractivity contribution in [1.82, 2.24) is 0 Å². The molecule has 0 saturated heterocycles. The highest BCUT2D eigenvalue weighted by molar-refractivity contribution is 7.96. The SMILES string of the molecule is Cc1ccc([S+](C)c2ccccc2)cc1. The van der Waals surface area contributed by atoms with Gasteiger partial charge in [0.2, 0.25) is 0 Å². The van der Waals surface area contributed by atoms with Gasteiger partial charge < -0.3 is 0 Å². The topological polar surface area (TPSA) is 0 Å². The summed E-state index contributed by atoms with van der Waals surface area (Å²) in [5.41, 5.74) is 1.32. The average molecular weight is 215 g/mol. The van der Waals surface area contributed by atoms with Crippen molar-refractivity contribution in [1.29, 1.82) is 0 Å². The molecule has 1 heteroatoms. The number of aryl methyl sites for hydroxylation is 1. The van der Waals surface area contributed by atoms with Gasteiger partial charge in [0.05, 0.1) is 10.9 Å². The maximum Gasteiger partial charge on any atom is 0.160 e. The lowest BCUT2D eigenvalue weighted by atomic mass is 10.2. The van der Waals surface area contributed by atoms with Gasteiger partial charge in [-0.05, 0) is 31.2 Å². The predicted molar refractivity (Wildman–Crippen MR) is 67.4 cm³/mol. The molecular formula is C14H15S+. The van der Waals surface area contributed by atoms with Gasteiger partial charge in [0.1, 0.15) is 6.26 Å². The summed E-state index contributed by atoms with van der Waals surface area (Å²) in [5.74, 6) is 0. The van der Waals surface area contributed by atoms with E-state index in [4.69, 9.17) is 0 Å². The number of hydrogen-bond acceptors (Lipinski definition) is 0. The van der Waals surface area contributed by atoms with Gasteiger partial charge in [-0.25, -0.2) is 0 Å². The molecule has 0 nitrogen and oxygen atoms in total. The van der Waals surface area contributed by atoms with Crippen LogP contribution in [0.15, 0.2) is 64.4 Å². The van der Waals surface area contributed by atoms with E-state index in [1.165, 1.54) is 15.4 Å². The molecule has 2 aromatic carbocycles. The van der Waals surface area contributed by atoms with E-state index in [0.29, 0.717) is 0 Å². The molecule has 0 amide bonds. The van der Waals surface area contributed by atoms with E-state index in [9.17, 15) is 0 Å². The fourth-order valence-corrected chi connectivity index (χ4v) is 2.88. The van der Waals surface area contributed by atoms with Gasteiger partial charge in [-0.1, -0.05) is 35.9 Å². The lowest BCUT2D eigenvalue weighted by molar-refractivity contribution is 1.34. The summed E-state index contributed by atoms with van der Waals surface area (Å²) in [7, 11) is 0.195. The molecule has 2 aromatic rings. The first-order valence-electron chi connectivity index (χ1n) is 5.05. The van der Waals surface area contributed by atoms with Gasteiger partial charge in [-0.2, -0.15) is 0 Å². The van der Waals surface area contributed by atoms with Crippen LogP contribution in [0.1, 0.15) is 5.56 Å². The van der Waals surface area contributed by atoms with Crippen LogP contribution in [-0.4, -0.2) is 6.26 Å². The quantitative estimate of drug-likeness (QED) is 0.671. The molecule has 2 rings (SSSR count). The number of rotatable bonds is 2. The van der Waals surface area contributed by atoms with Crippen molar-refractivity contribution in [3.63, 3.8) is 0 Å². The largest absolute Gasteiger partial charge is 0.160 e. The minimum absolute atomic E-state index is 0.195. The third kappa shape index (κ3) is 2.42. The van der Waals surface area contributed by atoms with Crippen LogP contribution in [0.25, 0.3) is 0 Å². The molecule has 0 N–H and O–H groups in total. The van der Waals surface area contributed by atoms with Crippen molar-refractivity contribution >= 4 is 10.9 Å². The molecule has 0 bridgehead atoms. The van der Waals surface area contributed by atoms with Crippen molar-refractivity contribution in [3.8, 4) is 0 Å². The first kappa shape index (κ1) is 10.3. The van der Waals surface area contributed by atoms with Gasteiger partial charge in [0, 0.05) is 0 Å². The van der Waals surface area contributed by atoms with Crippen molar-refractivity contribution < 1.29 is 0 Å². The van der Waals surface area contributed by atoms with Crippen LogP contribution in [-0.2, 0) is 10.9 Å². The molecule has 0 aromatic heterocycles. The van der Waals surface area contributed by atoms with Crippen molar-refractivity contribution in [2.45, 2.75) is 16.7 Å². The van der Waals surface area contributed by atoms with E-state index in [-0.39, 0.29) is 10.9 Å². The standard InChI is InChI=1S/C14H15S/c1-12-8-10-14(11-9-12)15(2)13-6-4-3-5-7-13/h3-11H,1-2H3/q+1. The second kappa shape index (κ2) is 4.54. The summed E-state index contributed by atoms with van der Waals surface area (Å²) in [5, 5.41) is 0. The van der Waals surface area contributed by atoms with E-state index in [2.05, 4.69) is 67.8 Å². The van der Waals surface area contributed by atoms with E-state index in [0.717, 1.165) is 0 Å². The Morgan fingerprint density at radius 3 is 1.87 bits per heavy atom. The predicted octanol–water partition coefficient (Wildman–Crippen LogP) is 3.66. The maximum atomic E-state index is 2.28. The van der Waals surface area contributed by atoms with Crippen LogP contribution in [0, 0.1) is 6.92 Å². The Morgan fingerprint density at radius 2 is 1.27 bits per heavy atom.